The smallest absolute Gasteiger partial charge is 0.0564 e. The molecular weight excluding hydrogens is 218 g/mol. The van der Waals surface area contributed by atoms with Crippen LogP contribution in [0.1, 0.15) is 12.6 Å². The molecule has 3 nitrogen and oxygen atoms in total. The summed E-state index contributed by atoms with van der Waals surface area (Å²) in [5.74, 6) is 1.17. The zero-order chi connectivity index (χ0) is 11.8. The normalized spacial score (nSPS) is 10.8. The molecule has 0 spiro atoms. The fourth-order valence-corrected chi connectivity index (χ4v) is 1.98. The third kappa shape index (κ3) is 4.86. The molecule has 0 bridgehead atoms. The van der Waals surface area contributed by atoms with E-state index in [4.69, 9.17) is 0 Å². The number of anilines is 1. The minimum absolute atomic E-state index is 0.916. The average Bonchev–Trinajstić information content (AvgIpc) is 2.27. The standard InChI is InChI=1S/C12H21N3S/c1-4-13-11-5-6-14-12(9-11)10-15(2)7-8-16-3/h5-6,9H,4,7-8,10H2,1-3H3,(H,13,14). The SMILES string of the molecule is CCNc1ccnc(CN(C)CCSC)c1. The van der Waals surface area contributed by atoms with Crippen LogP contribution in [0.4, 0.5) is 5.69 Å². The van der Waals surface area contributed by atoms with Gasteiger partial charge in [-0.25, -0.2) is 0 Å². The van der Waals surface area contributed by atoms with Crippen molar-refractivity contribution < 1.29 is 0 Å². The van der Waals surface area contributed by atoms with E-state index >= 15 is 0 Å². The summed E-state index contributed by atoms with van der Waals surface area (Å²) in [6.07, 6.45) is 4.01. The summed E-state index contributed by atoms with van der Waals surface area (Å²) in [4.78, 5) is 6.68. The third-order valence-electron chi connectivity index (χ3n) is 2.31. The van der Waals surface area contributed by atoms with Crippen LogP contribution in [0.25, 0.3) is 0 Å². The minimum Gasteiger partial charge on any atom is -0.385 e. The quantitative estimate of drug-likeness (QED) is 0.790. The maximum atomic E-state index is 4.38. The average molecular weight is 239 g/mol. The molecule has 1 rings (SSSR count). The van der Waals surface area contributed by atoms with Gasteiger partial charge in [-0.15, -0.1) is 0 Å². The first kappa shape index (κ1) is 13.3. The molecule has 0 aliphatic rings. The van der Waals surface area contributed by atoms with E-state index < -0.39 is 0 Å². The number of pyridine rings is 1. The molecule has 0 atom stereocenters. The predicted octanol–water partition coefficient (Wildman–Crippen LogP) is 2.31. The molecule has 16 heavy (non-hydrogen) atoms. The molecule has 0 aliphatic heterocycles. The molecule has 1 aromatic rings. The van der Waals surface area contributed by atoms with Crippen molar-refractivity contribution >= 4 is 17.4 Å². The second-order valence-electron chi connectivity index (χ2n) is 3.80. The van der Waals surface area contributed by atoms with E-state index in [2.05, 4.69) is 41.5 Å². The first-order chi connectivity index (χ1) is 7.76. The molecule has 90 valence electrons. The van der Waals surface area contributed by atoms with Gasteiger partial charge in [-0.1, -0.05) is 0 Å². The van der Waals surface area contributed by atoms with Gasteiger partial charge in [0.2, 0.25) is 0 Å². The summed E-state index contributed by atoms with van der Waals surface area (Å²) < 4.78 is 0. The summed E-state index contributed by atoms with van der Waals surface area (Å²) in [6, 6.07) is 4.13. The maximum Gasteiger partial charge on any atom is 0.0564 e. The van der Waals surface area contributed by atoms with E-state index in [1.54, 1.807) is 0 Å². The van der Waals surface area contributed by atoms with E-state index in [1.165, 1.54) is 5.75 Å². The van der Waals surface area contributed by atoms with Crippen molar-refractivity contribution in [3.63, 3.8) is 0 Å². The Hall–Kier alpha value is -0.740. The molecule has 0 aromatic carbocycles. The van der Waals surface area contributed by atoms with Crippen molar-refractivity contribution in [2.75, 3.05) is 37.5 Å². The number of nitrogens with zero attached hydrogens (tertiary/aromatic N) is 2. The monoisotopic (exact) mass is 239 g/mol. The van der Waals surface area contributed by atoms with E-state index in [9.17, 15) is 0 Å². The molecule has 4 heteroatoms. The molecule has 0 saturated carbocycles. The largest absolute Gasteiger partial charge is 0.385 e. The number of nitrogens with one attached hydrogen (secondary N) is 1. The molecule has 0 amide bonds. The van der Waals surface area contributed by atoms with Gasteiger partial charge in [-0.3, -0.25) is 9.88 Å². The van der Waals surface area contributed by atoms with Gasteiger partial charge in [0.15, 0.2) is 0 Å². The predicted molar refractivity (Wildman–Crippen MR) is 73.1 cm³/mol. The first-order valence-corrected chi connectivity index (χ1v) is 7.02. The second-order valence-corrected chi connectivity index (χ2v) is 4.78. The lowest BCUT2D eigenvalue weighted by molar-refractivity contribution is 0.344. The van der Waals surface area contributed by atoms with E-state index in [-0.39, 0.29) is 0 Å². The van der Waals surface area contributed by atoms with Crippen LogP contribution in [-0.4, -0.2) is 42.0 Å². The fourth-order valence-electron chi connectivity index (χ4n) is 1.48. The van der Waals surface area contributed by atoms with Gasteiger partial charge in [0.1, 0.15) is 0 Å². The van der Waals surface area contributed by atoms with Crippen LogP contribution in [0.3, 0.4) is 0 Å². The van der Waals surface area contributed by atoms with Crippen LogP contribution in [0.15, 0.2) is 18.3 Å². The zero-order valence-corrected chi connectivity index (χ0v) is 11.2. The maximum absolute atomic E-state index is 4.38. The molecule has 1 N–H and O–H groups in total. The molecular formula is C12H21N3S. The molecule has 0 saturated heterocycles. The molecule has 1 heterocycles. The lowest BCUT2D eigenvalue weighted by Gasteiger charge is -2.15. The highest BCUT2D eigenvalue weighted by Gasteiger charge is 2.01. The highest BCUT2D eigenvalue weighted by atomic mass is 32.2. The van der Waals surface area contributed by atoms with E-state index in [1.807, 2.05) is 24.0 Å². The molecule has 0 unspecified atom stereocenters. The van der Waals surface area contributed by atoms with Crippen LogP contribution in [0.2, 0.25) is 0 Å². The summed E-state index contributed by atoms with van der Waals surface area (Å²) in [7, 11) is 2.14. The Morgan fingerprint density at radius 2 is 2.31 bits per heavy atom. The lowest BCUT2D eigenvalue weighted by atomic mass is 10.3. The number of aromatic nitrogens is 1. The molecule has 0 fully saturated rings. The van der Waals surface area contributed by atoms with Crippen molar-refractivity contribution in [1.82, 2.24) is 9.88 Å². The number of rotatable bonds is 7. The van der Waals surface area contributed by atoms with Gasteiger partial charge < -0.3 is 5.32 Å². The van der Waals surface area contributed by atoms with Gasteiger partial charge in [-0.05, 0) is 32.4 Å². The summed E-state index contributed by atoms with van der Waals surface area (Å²) in [5, 5.41) is 3.30. The number of hydrogen-bond acceptors (Lipinski definition) is 4. The highest BCUT2D eigenvalue weighted by Crippen LogP contribution is 2.09. The van der Waals surface area contributed by atoms with Crippen molar-refractivity contribution in [3.05, 3.63) is 24.0 Å². The van der Waals surface area contributed by atoms with Crippen molar-refractivity contribution in [3.8, 4) is 0 Å². The van der Waals surface area contributed by atoms with Gasteiger partial charge >= 0.3 is 0 Å². The van der Waals surface area contributed by atoms with Gasteiger partial charge in [0, 0.05) is 37.3 Å². The van der Waals surface area contributed by atoms with Crippen molar-refractivity contribution in [2.45, 2.75) is 13.5 Å². The Bertz CT molecular complexity index is 304. The molecule has 0 aliphatic carbocycles. The Labute approximate surface area is 103 Å². The Morgan fingerprint density at radius 1 is 1.50 bits per heavy atom. The number of hydrogen-bond donors (Lipinski definition) is 1. The van der Waals surface area contributed by atoms with Crippen LogP contribution >= 0.6 is 11.8 Å². The Kier molecular flexibility index (Phi) is 6.26. The second kappa shape index (κ2) is 7.52. The highest BCUT2D eigenvalue weighted by molar-refractivity contribution is 7.98. The first-order valence-electron chi connectivity index (χ1n) is 5.62. The summed E-state index contributed by atoms with van der Waals surface area (Å²) >= 11 is 1.88. The van der Waals surface area contributed by atoms with E-state index in [0.29, 0.717) is 0 Å². The van der Waals surface area contributed by atoms with Gasteiger partial charge in [-0.2, -0.15) is 11.8 Å². The molecule has 1 aromatic heterocycles. The topological polar surface area (TPSA) is 28.2 Å². The fraction of sp³-hybridized carbons (Fsp3) is 0.583. The van der Waals surface area contributed by atoms with Gasteiger partial charge in [0.05, 0.1) is 5.69 Å². The van der Waals surface area contributed by atoms with Crippen LogP contribution in [-0.2, 0) is 6.54 Å². The summed E-state index contributed by atoms with van der Waals surface area (Å²) in [5.41, 5.74) is 2.29. The lowest BCUT2D eigenvalue weighted by Crippen LogP contribution is -2.21. The number of thioether (sulfide) groups is 1. The van der Waals surface area contributed by atoms with E-state index in [0.717, 1.165) is 31.0 Å². The van der Waals surface area contributed by atoms with Crippen LogP contribution in [0.5, 0.6) is 0 Å². The van der Waals surface area contributed by atoms with Crippen LogP contribution in [0, 0.1) is 0 Å². The van der Waals surface area contributed by atoms with Crippen molar-refractivity contribution in [2.24, 2.45) is 0 Å². The van der Waals surface area contributed by atoms with Crippen molar-refractivity contribution in [1.29, 1.82) is 0 Å². The zero-order valence-electron chi connectivity index (χ0n) is 10.4. The summed E-state index contributed by atoms with van der Waals surface area (Å²) in [6.45, 7) is 5.07. The third-order valence-corrected chi connectivity index (χ3v) is 2.90. The Balaban J connectivity index is 2.49. The van der Waals surface area contributed by atoms with Crippen LogP contribution < -0.4 is 5.32 Å². The Morgan fingerprint density at radius 3 is 3.00 bits per heavy atom. The molecule has 0 radical (unpaired) electrons. The van der Waals surface area contributed by atoms with Gasteiger partial charge in [0.25, 0.3) is 0 Å². The minimum atomic E-state index is 0.916.